The minimum Gasteiger partial charge on any atom is -0.481 e. The standard InChI is InChI=1S/C14H27NO3S/c1-5-11(4)15-14(18)12(8-13(16)17)9-19-7-6-10(2)3/h10-12H,5-9H2,1-4H3,(H,15,18)(H,16,17). The Hall–Kier alpha value is -0.710. The molecule has 19 heavy (non-hydrogen) atoms. The van der Waals surface area contributed by atoms with E-state index in [-0.39, 0.29) is 18.4 Å². The maximum atomic E-state index is 12.0. The van der Waals surface area contributed by atoms with Crippen LogP contribution in [0.4, 0.5) is 0 Å². The van der Waals surface area contributed by atoms with Gasteiger partial charge >= 0.3 is 5.97 Å². The summed E-state index contributed by atoms with van der Waals surface area (Å²) < 4.78 is 0. The first-order chi connectivity index (χ1) is 8.86. The van der Waals surface area contributed by atoms with Crippen LogP contribution in [0.1, 0.15) is 47.0 Å². The summed E-state index contributed by atoms with van der Waals surface area (Å²) in [5.74, 6) is 0.733. The molecule has 0 saturated carbocycles. The average molecular weight is 289 g/mol. The van der Waals surface area contributed by atoms with Gasteiger partial charge in [-0.05, 0) is 31.4 Å². The van der Waals surface area contributed by atoms with E-state index in [2.05, 4.69) is 19.2 Å². The van der Waals surface area contributed by atoms with Crippen LogP contribution in [0.3, 0.4) is 0 Å². The predicted octanol–water partition coefficient (Wildman–Crippen LogP) is 2.77. The van der Waals surface area contributed by atoms with Gasteiger partial charge in [0, 0.05) is 11.8 Å². The second kappa shape index (κ2) is 10.1. The maximum Gasteiger partial charge on any atom is 0.304 e. The third-order valence-electron chi connectivity index (χ3n) is 2.95. The van der Waals surface area contributed by atoms with E-state index in [9.17, 15) is 9.59 Å². The first kappa shape index (κ1) is 18.3. The monoisotopic (exact) mass is 289 g/mol. The van der Waals surface area contributed by atoms with Crippen molar-refractivity contribution in [3.05, 3.63) is 0 Å². The Morgan fingerprint density at radius 3 is 2.37 bits per heavy atom. The van der Waals surface area contributed by atoms with Crippen LogP contribution in [0.2, 0.25) is 0 Å². The minimum atomic E-state index is -0.909. The summed E-state index contributed by atoms with van der Waals surface area (Å²) in [6, 6.07) is 0.101. The Balaban J connectivity index is 4.21. The van der Waals surface area contributed by atoms with E-state index in [1.54, 1.807) is 11.8 Å². The van der Waals surface area contributed by atoms with Crippen LogP contribution in [0.5, 0.6) is 0 Å². The van der Waals surface area contributed by atoms with Gasteiger partial charge in [-0.25, -0.2) is 0 Å². The molecule has 0 aromatic rings. The normalized spacial score (nSPS) is 14.2. The molecule has 4 nitrogen and oxygen atoms in total. The van der Waals surface area contributed by atoms with Crippen LogP contribution in [0.25, 0.3) is 0 Å². The number of aliphatic carboxylic acids is 1. The minimum absolute atomic E-state index is 0.0864. The summed E-state index contributed by atoms with van der Waals surface area (Å²) in [6.07, 6.45) is 1.86. The van der Waals surface area contributed by atoms with Gasteiger partial charge in [-0.1, -0.05) is 20.8 Å². The van der Waals surface area contributed by atoms with E-state index in [1.165, 1.54) is 0 Å². The zero-order chi connectivity index (χ0) is 14.8. The number of carboxylic acids is 1. The highest BCUT2D eigenvalue weighted by Gasteiger charge is 2.22. The molecule has 0 radical (unpaired) electrons. The van der Waals surface area contributed by atoms with Gasteiger partial charge in [0.2, 0.25) is 5.91 Å². The number of carbonyl (C=O) groups excluding carboxylic acids is 1. The molecule has 1 amide bonds. The number of carbonyl (C=O) groups is 2. The molecule has 0 rings (SSSR count). The fourth-order valence-electron chi connectivity index (χ4n) is 1.45. The van der Waals surface area contributed by atoms with Crippen LogP contribution in [0, 0.1) is 11.8 Å². The highest BCUT2D eigenvalue weighted by atomic mass is 32.2. The third kappa shape index (κ3) is 9.82. The van der Waals surface area contributed by atoms with Gasteiger partial charge in [0.25, 0.3) is 0 Å². The van der Waals surface area contributed by atoms with Crippen LogP contribution in [-0.2, 0) is 9.59 Å². The summed E-state index contributed by atoms with van der Waals surface area (Å²) in [7, 11) is 0. The number of nitrogens with one attached hydrogen (secondary N) is 1. The third-order valence-corrected chi connectivity index (χ3v) is 4.11. The molecule has 2 atom stereocenters. The topological polar surface area (TPSA) is 66.4 Å². The lowest BCUT2D eigenvalue weighted by Crippen LogP contribution is -2.38. The number of carboxylic acid groups (broad SMARTS) is 1. The smallest absolute Gasteiger partial charge is 0.304 e. The fourth-order valence-corrected chi connectivity index (χ4v) is 2.80. The van der Waals surface area contributed by atoms with Gasteiger partial charge in [-0.2, -0.15) is 11.8 Å². The van der Waals surface area contributed by atoms with E-state index in [4.69, 9.17) is 5.11 Å². The highest BCUT2D eigenvalue weighted by molar-refractivity contribution is 7.99. The lowest BCUT2D eigenvalue weighted by Gasteiger charge is -2.18. The maximum absolute atomic E-state index is 12.0. The summed E-state index contributed by atoms with van der Waals surface area (Å²) in [4.78, 5) is 22.8. The Bertz CT molecular complexity index is 282. The average Bonchev–Trinajstić information content (AvgIpc) is 2.31. The SMILES string of the molecule is CCC(C)NC(=O)C(CSCCC(C)C)CC(=O)O. The van der Waals surface area contributed by atoms with Gasteiger partial charge in [0.1, 0.15) is 0 Å². The Morgan fingerprint density at radius 1 is 1.26 bits per heavy atom. The van der Waals surface area contributed by atoms with Crippen molar-refractivity contribution in [3.63, 3.8) is 0 Å². The van der Waals surface area contributed by atoms with Crippen molar-refractivity contribution < 1.29 is 14.7 Å². The van der Waals surface area contributed by atoms with E-state index in [0.29, 0.717) is 11.7 Å². The summed E-state index contributed by atoms with van der Waals surface area (Å²) in [6.45, 7) is 8.24. The van der Waals surface area contributed by atoms with Crippen molar-refractivity contribution in [2.75, 3.05) is 11.5 Å². The van der Waals surface area contributed by atoms with Gasteiger partial charge in [-0.15, -0.1) is 0 Å². The highest BCUT2D eigenvalue weighted by Crippen LogP contribution is 2.16. The van der Waals surface area contributed by atoms with E-state index < -0.39 is 11.9 Å². The lowest BCUT2D eigenvalue weighted by molar-refractivity contribution is -0.140. The Kier molecular flexibility index (Phi) is 9.74. The molecule has 0 saturated heterocycles. The van der Waals surface area contributed by atoms with E-state index >= 15 is 0 Å². The van der Waals surface area contributed by atoms with Crippen molar-refractivity contribution in [2.45, 2.75) is 53.0 Å². The van der Waals surface area contributed by atoms with Crippen molar-refractivity contribution in [1.82, 2.24) is 5.32 Å². The molecule has 0 bridgehead atoms. The van der Waals surface area contributed by atoms with Crippen molar-refractivity contribution in [1.29, 1.82) is 0 Å². The summed E-state index contributed by atoms with van der Waals surface area (Å²) >= 11 is 1.67. The van der Waals surface area contributed by atoms with Gasteiger partial charge < -0.3 is 10.4 Å². The first-order valence-electron chi connectivity index (χ1n) is 6.96. The second-order valence-corrected chi connectivity index (χ2v) is 6.52. The number of hydrogen-bond donors (Lipinski definition) is 2. The molecule has 0 spiro atoms. The molecule has 0 aliphatic heterocycles. The Labute approximate surface area is 120 Å². The van der Waals surface area contributed by atoms with Gasteiger partial charge in [0.15, 0.2) is 0 Å². The molecule has 0 aliphatic rings. The van der Waals surface area contributed by atoms with Crippen LogP contribution < -0.4 is 5.32 Å². The van der Waals surface area contributed by atoms with Crippen LogP contribution >= 0.6 is 11.8 Å². The van der Waals surface area contributed by atoms with Gasteiger partial charge in [0.05, 0.1) is 12.3 Å². The lowest BCUT2D eigenvalue weighted by atomic mass is 10.1. The fraction of sp³-hybridized carbons (Fsp3) is 0.857. The van der Waals surface area contributed by atoms with Crippen molar-refractivity contribution in [3.8, 4) is 0 Å². The predicted molar refractivity (Wildman–Crippen MR) is 80.4 cm³/mol. The molecule has 2 N–H and O–H groups in total. The number of hydrogen-bond acceptors (Lipinski definition) is 3. The van der Waals surface area contributed by atoms with Gasteiger partial charge in [-0.3, -0.25) is 9.59 Å². The van der Waals surface area contributed by atoms with Crippen molar-refractivity contribution in [2.24, 2.45) is 11.8 Å². The molecular formula is C14H27NO3S. The molecular weight excluding hydrogens is 262 g/mol. The molecule has 0 aromatic heterocycles. The second-order valence-electron chi connectivity index (χ2n) is 5.37. The molecule has 0 aliphatic carbocycles. The van der Waals surface area contributed by atoms with Crippen molar-refractivity contribution >= 4 is 23.6 Å². The number of amides is 1. The quantitative estimate of drug-likeness (QED) is 0.607. The largest absolute Gasteiger partial charge is 0.481 e. The van der Waals surface area contributed by atoms with E-state index in [0.717, 1.165) is 18.6 Å². The van der Waals surface area contributed by atoms with Crippen LogP contribution in [0.15, 0.2) is 0 Å². The Morgan fingerprint density at radius 2 is 1.89 bits per heavy atom. The molecule has 0 fully saturated rings. The molecule has 2 unspecified atom stereocenters. The first-order valence-corrected chi connectivity index (χ1v) is 8.12. The molecule has 0 heterocycles. The summed E-state index contributed by atoms with van der Waals surface area (Å²) in [5.41, 5.74) is 0. The molecule has 0 aromatic carbocycles. The molecule has 5 heteroatoms. The van der Waals surface area contributed by atoms with E-state index in [1.807, 2.05) is 13.8 Å². The number of thioether (sulfide) groups is 1. The zero-order valence-corrected chi connectivity index (χ0v) is 13.3. The molecule has 112 valence electrons. The zero-order valence-electron chi connectivity index (χ0n) is 12.4. The van der Waals surface area contributed by atoms with Crippen LogP contribution in [-0.4, -0.2) is 34.5 Å². The summed E-state index contributed by atoms with van der Waals surface area (Å²) in [5, 5.41) is 11.7. The number of rotatable bonds is 10.